The summed E-state index contributed by atoms with van der Waals surface area (Å²) in [7, 11) is 0. The molecular formula is C13H9ClF2O. The van der Waals surface area contributed by atoms with Gasteiger partial charge in [0.15, 0.2) is 0 Å². The number of benzene rings is 2. The maximum Gasteiger partial charge on any atom is 0.125 e. The molecule has 0 heterocycles. The summed E-state index contributed by atoms with van der Waals surface area (Å²) in [6.07, 6.45) is -1.02. The van der Waals surface area contributed by atoms with Crippen LogP contribution < -0.4 is 0 Å². The Morgan fingerprint density at radius 3 is 2.12 bits per heavy atom. The molecule has 0 unspecified atom stereocenters. The molecule has 0 aromatic heterocycles. The highest BCUT2D eigenvalue weighted by Gasteiger charge is 2.12. The lowest BCUT2D eigenvalue weighted by molar-refractivity contribution is 0.219. The van der Waals surface area contributed by atoms with Crippen molar-refractivity contribution in [2.24, 2.45) is 0 Å². The summed E-state index contributed by atoms with van der Waals surface area (Å²) >= 11 is 5.70. The molecule has 0 spiro atoms. The summed E-state index contributed by atoms with van der Waals surface area (Å²) in [5, 5.41) is 10.2. The number of aliphatic hydroxyl groups is 1. The number of halogens is 3. The quantitative estimate of drug-likeness (QED) is 0.866. The van der Waals surface area contributed by atoms with Gasteiger partial charge in [-0.05, 0) is 41.5 Å². The van der Waals surface area contributed by atoms with E-state index in [9.17, 15) is 13.9 Å². The lowest BCUT2D eigenvalue weighted by Crippen LogP contribution is -2.00. The van der Waals surface area contributed by atoms with E-state index in [1.54, 1.807) is 0 Å². The molecule has 2 rings (SSSR count). The van der Waals surface area contributed by atoms with Crippen LogP contribution in [0.15, 0.2) is 42.5 Å². The van der Waals surface area contributed by atoms with E-state index in [1.807, 2.05) is 0 Å². The van der Waals surface area contributed by atoms with Crippen molar-refractivity contribution in [3.63, 3.8) is 0 Å². The van der Waals surface area contributed by atoms with Gasteiger partial charge >= 0.3 is 0 Å². The molecule has 1 atom stereocenters. The molecule has 0 aliphatic rings. The summed E-state index contributed by atoms with van der Waals surface area (Å²) in [4.78, 5) is 0. The molecule has 0 radical (unpaired) electrons. The normalized spacial score (nSPS) is 12.5. The highest BCUT2D eigenvalue weighted by atomic mass is 35.5. The monoisotopic (exact) mass is 254 g/mol. The average molecular weight is 255 g/mol. The summed E-state index contributed by atoms with van der Waals surface area (Å²) in [6, 6.07) is 9.18. The average Bonchev–Trinajstić information content (AvgIpc) is 2.28. The first kappa shape index (κ1) is 12.0. The summed E-state index contributed by atoms with van der Waals surface area (Å²) in [5.74, 6) is -0.910. The predicted octanol–water partition coefficient (Wildman–Crippen LogP) is 3.70. The highest BCUT2D eigenvalue weighted by molar-refractivity contribution is 6.30. The van der Waals surface area contributed by atoms with Crippen LogP contribution in [0.1, 0.15) is 17.2 Å². The summed E-state index contributed by atoms with van der Waals surface area (Å²) in [6.45, 7) is 0. The van der Waals surface area contributed by atoms with E-state index in [-0.39, 0.29) is 5.02 Å². The van der Waals surface area contributed by atoms with Gasteiger partial charge in [-0.1, -0.05) is 23.7 Å². The minimum atomic E-state index is -1.02. The van der Waals surface area contributed by atoms with Gasteiger partial charge in [-0.15, -0.1) is 0 Å². The van der Waals surface area contributed by atoms with Gasteiger partial charge in [-0.2, -0.15) is 0 Å². The Morgan fingerprint density at radius 2 is 1.53 bits per heavy atom. The summed E-state index contributed by atoms with van der Waals surface area (Å²) < 4.78 is 25.8. The summed E-state index contributed by atoms with van der Waals surface area (Å²) in [5.41, 5.74) is 0.815. The van der Waals surface area contributed by atoms with Gasteiger partial charge in [0.1, 0.15) is 17.7 Å². The first-order valence-corrected chi connectivity index (χ1v) is 5.33. The van der Waals surface area contributed by atoms with Gasteiger partial charge < -0.3 is 5.11 Å². The van der Waals surface area contributed by atoms with Crippen molar-refractivity contribution in [3.05, 3.63) is 70.2 Å². The molecule has 2 aromatic rings. The zero-order valence-electron chi connectivity index (χ0n) is 8.70. The molecule has 88 valence electrons. The second-order valence-electron chi connectivity index (χ2n) is 3.66. The highest BCUT2D eigenvalue weighted by Crippen LogP contribution is 2.25. The van der Waals surface area contributed by atoms with Gasteiger partial charge in [-0.3, -0.25) is 0 Å². The fourth-order valence-corrected chi connectivity index (χ4v) is 1.80. The van der Waals surface area contributed by atoms with Crippen molar-refractivity contribution in [1.29, 1.82) is 0 Å². The Kier molecular flexibility index (Phi) is 3.41. The van der Waals surface area contributed by atoms with Crippen molar-refractivity contribution >= 4 is 11.6 Å². The Labute approximate surface area is 102 Å². The third-order valence-electron chi connectivity index (χ3n) is 2.39. The first-order valence-electron chi connectivity index (χ1n) is 4.96. The molecule has 2 aromatic carbocycles. The fraction of sp³-hybridized carbons (Fsp3) is 0.0769. The van der Waals surface area contributed by atoms with Crippen LogP contribution in [0.3, 0.4) is 0 Å². The van der Waals surface area contributed by atoms with Crippen LogP contribution in [-0.4, -0.2) is 5.11 Å². The van der Waals surface area contributed by atoms with Crippen molar-refractivity contribution in [1.82, 2.24) is 0 Å². The lowest BCUT2D eigenvalue weighted by Gasteiger charge is -2.11. The Morgan fingerprint density at radius 1 is 0.882 bits per heavy atom. The third kappa shape index (κ3) is 2.81. The largest absolute Gasteiger partial charge is 0.384 e. The van der Waals surface area contributed by atoms with E-state index in [4.69, 9.17) is 11.6 Å². The predicted molar refractivity (Wildman–Crippen MR) is 61.9 cm³/mol. The molecule has 1 N–H and O–H groups in total. The van der Waals surface area contributed by atoms with E-state index in [2.05, 4.69) is 0 Å². The lowest BCUT2D eigenvalue weighted by atomic mass is 10.0. The van der Waals surface area contributed by atoms with Gasteiger partial charge in [0.25, 0.3) is 0 Å². The van der Waals surface area contributed by atoms with Crippen LogP contribution in [0.25, 0.3) is 0 Å². The second-order valence-corrected chi connectivity index (χ2v) is 4.09. The Hall–Kier alpha value is -1.45. The van der Waals surface area contributed by atoms with Crippen LogP contribution in [0.5, 0.6) is 0 Å². The molecule has 0 aliphatic heterocycles. The van der Waals surface area contributed by atoms with E-state index in [0.717, 1.165) is 6.07 Å². The minimum absolute atomic E-state index is 0.209. The van der Waals surface area contributed by atoms with Crippen LogP contribution in [-0.2, 0) is 0 Å². The van der Waals surface area contributed by atoms with E-state index in [0.29, 0.717) is 11.1 Å². The molecule has 17 heavy (non-hydrogen) atoms. The zero-order chi connectivity index (χ0) is 12.4. The molecule has 0 saturated carbocycles. The topological polar surface area (TPSA) is 20.2 Å². The number of hydrogen-bond acceptors (Lipinski definition) is 1. The molecule has 4 heteroatoms. The van der Waals surface area contributed by atoms with Gasteiger partial charge in [0, 0.05) is 5.02 Å². The van der Waals surface area contributed by atoms with Crippen LogP contribution >= 0.6 is 11.6 Å². The second kappa shape index (κ2) is 4.82. The smallest absolute Gasteiger partial charge is 0.125 e. The first-order chi connectivity index (χ1) is 8.06. The molecular weight excluding hydrogens is 246 g/mol. The number of aliphatic hydroxyl groups excluding tert-OH is 1. The van der Waals surface area contributed by atoms with Gasteiger partial charge in [-0.25, -0.2) is 8.78 Å². The zero-order valence-corrected chi connectivity index (χ0v) is 9.46. The van der Waals surface area contributed by atoms with Crippen LogP contribution in [0.4, 0.5) is 8.78 Å². The van der Waals surface area contributed by atoms with Gasteiger partial charge in [0.05, 0.1) is 0 Å². The molecule has 0 amide bonds. The van der Waals surface area contributed by atoms with Crippen LogP contribution in [0, 0.1) is 11.6 Å². The third-order valence-corrected chi connectivity index (χ3v) is 2.60. The maximum atomic E-state index is 13.1. The Bertz CT molecular complexity index is 505. The van der Waals surface area contributed by atoms with Crippen molar-refractivity contribution in [2.75, 3.05) is 0 Å². The number of rotatable bonds is 2. The molecule has 0 saturated heterocycles. The van der Waals surface area contributed by atoms with E-state index in [1.165, 1.54) is 36.4 Å². The fourth-order valence-electron chi connectivity index (χ4n) is 1.57. The molecule has 0 fully saturated rings. The minimum Gasteiger partial charge on any atom is -0.384 e. The van der Waals surface area contributed by atoms with Crippen molar-refractivity contribution in [2.45, 2.75) is 6.10 Å². The van der Waals surface area contributed by atoms with Crippen LogP contribution in [0.2, 0.25) is 5.02 Å². The van der Waals surface area contributed by atoms with E-state index >= 15 is 0 Å². The molecule has 1 nitrogen and oxygen atoms in total. The standard InChI is InChI=1S/C13H9ClF2O/c14-10-5-9(6-12(16)7-10)13(17)8-1-3-11(15)4-2-8/h1-7,13,17H/t13-/m1/s1. The van der Waals surface area contributed by atoms with Crippen molar-refractivity contribution < 1.29 is 13.9 Å². The molecule has 0 aliphatic carbocycles. The SMILES string of the molecule is O[C@H](c1ccc(F)cc1)c1cc(F)cc(Cl)c1. The molecule has 0 bridgehead atoms. The van der Waals surface area contributed by atoms with Gasteiger partial charge in [0.2, 0.25) is 0 Å². The van der Waals surface area contributed by atoms with E-state index < -0.39 is 17.7 Å². The maximum absolute atomic E-state index is 13.1. The number of hydrogen-bond donors (Lipinski definition) is 1. The van der Waals surface area contributed by atoms with Crippen molar-refractivity contribution in [3.8, 4) is 0 Å². The Balaban J connectivity index is 2.36.